The molecule has 0 aliphatic heterocycles. The van der Waals surface area contributed by atoms with E-state index in [1.807, 2.05) is 0 Å². The summed E-state index contributed by atoms with van der Waals surface area (Å²) >= 11 is 0. The van der Waals surface area contributed by atoms with Gasteiger partial charge in [0.05, 0.1) is 24.0 Å². The minimum absolute atomic E-state index is 0.557. The predicted molar refractivity (Wildman–Crippen MR) is 68.9 cm³/mol. The second-order valence-electron chi connectivity index (χ2n) is 4.50. The van der Waals surface area contributed by atoms with Crippen LogP contribution in [0.1, 0.15) is 12.8 Å². The fourth-order valence-electron chi connectivity index (χ4n) is 1.24. The average Bonchev–Trinajstić information content (AvgIpc) is 2.31. The van der Waals surface area contributed by atoms with E-state index in [2.05, 4.69) is 0 Å². The van der Waals surface area contributed by atoms with Gasteiger partial charge in [-0.1, -0.05) is 0 Å². The lowest BCUT2D eigenvalue weighted by atomic mass is 10.0. The Morgan fingerprint density at radius 1 is 0.700 bits per heavy atom. The molecule has 0 aliphatic rings. The van der Waals surface area contributed by atoms with Crippen molar-refractivity contribution in [2.45, 2.75) is 12.8 Å². The van der Waals surface area contributed by atoms with Gasteiger partial charge in [-0.15, -0.1) is 0 Å². The predicted octanol–water partition coefficient (Wildman–Crippen LogP) is -0.591. The lowest BCUT2D eigenvalue weighted by Crippen LogP contribution is -2.27. The Hall–Kier alpha value is -2.38. The summed E-state index contributed by atoms with van der Waals surface area (Å²) in [6, 6.07) is 0. The third-order valence-corrected chi connectivity index (χ3v) is 2.53. The Balaban J connectivity index is 5.57. The fraction of sp³-hybridized carbons (Fsp3) is 0.500. The zero-order valence-corrected chi connectivity index (χ0v) is 11.8. The molecule has 0 radical (unpaired) electrons. The number of carboxylic acids is 2. The number of hydrogen-bond donors (Lipinski definition) is 2. The van der Waals surface area contributed by atoms with E-state index < -0.39 is 47.7 Å². The first-order chi connectivity index (χ1) is 9.07. The first-order valence-electron chi connectivity index (χ1n) is 5.66. The summed E-state index contributed by atoms with van der Waals surface area (Å²) in [5.74, 6) is -4.16. The van der Waals surface area contributed by atoms with Gasteiger partial charge in [-0.3, -0.25) is 9.59 Å². The molecule has 0 atom stereocenters. The number of carbonyl (C=O) groups is 4. The van der Waals surface area contributed by atoms with Crippen molar-refractivity contribution in [3.63, 3.8) is 0 Å². The third-order valence-electron chi connectivity index (χ3n) is 2.53. The van der Waals surface area contributed by atoms with Gasteiger partial charge in [-0.05, 0) is 0 Å². The normalized spacial score (nSPS) is 11.4. The number of carbonyl (C=O) groups excluding carboxylic acids is 2. The SMILES string of the molecule is CN(C)C(=O)CC(C(=O)O)=C(CC(=O)N(C)C)C(=O)O. The molecular formula is C12H18N2O6. The molecule has 0 fully saturated rings. The molecular weight excluding hydrogens is 268 g/mol. The number of nitrogens with zero attached hydrogens (tertiary/aromatic N) is 2. The van der Waals surface area contributed by atoms with Crippen LogP contribution < -0.4 is 0 Å². The Kier molecular flexibility index (Phi) is 6.40. The van der Waals surface area contributed by atoms with Crippen LogP contribution in [0.15, 0.2) is 11.1 Å². The number of aliphatic carboxylic acids is 2. The van der Waals surface area contributed by atoms with E-state index >= 15 is 0 Å². The number of carboxylic acid groups (broad SMARTS) is 2. The molecule has 0 saturated heterocycles. The molecule has 2 amide bonds. The van der Waals surface area contributed by atoms with Gasteiger partial charge in [0.25, 0.3) is 0 Å². The van der Waals surface area contributed by atoms with E-state index in [9.17, 15) is 19.2 Å². The van der Waals surface area contributed by atoms with Gasteiger partial charge in [-0.25, -0.2) is 9.59 Å². The molecule has 0 aromatic heterocycles. The van der Waals surface area contributed by atoms with Gasteiger partial charge in [0.2, 0.25) is 11.8 Å². The Morgan fingerprint density at radius 2 is 0.950 bits per heavy atom. The average molecular weight is 286 g/mol. The van der Waals surface area contributed by atoms with Crippen molar-refractivity contribution in [1.82, 2.24) is 9.80 Å². The van der Waals surface area contributed by atoms with Crippen molar-refractivity contribution in [2.75, 3.05) is 28.2 Å². The zero-order chi connectivity index (χ0) is 16.0. The quantitative estimate of drug-likeness (QED) is 0.630. The molecule has 0 aromatic rings. The largest absolute Gasteiger partial charge is 0.478 e. The first kappa shape index (κ1) is 17.6. The molecule has 0 bridgehead atoms. The van der Waals surface area contributed by atoms with Gasteiger partial charge < -0.3 is 20.0 Å². The Labute approximate surface area is 116 Å². The van der Waals surface area contributed by atoms with Crippen molar-refractivity contribution in [2.24, 2.45) is 0 Å². The summed E-state index contributed by atoms with van der Waals surface area (Å²) in [5.41, 5.74) is -1.15. The topological polar surface area (TPSA) is 115 Å². The van der Waals surface area contributed by atoms with Crippen LogP contribution in [0.3, 0.4) is 0 Å². The maximum absolute atomic E-state index is 11.5. The standard InChI is InChI=1S/C12H18N2O6/c1-13(2)9(15)5-7(11(17)18)8(12(19)20)6-10(16)14(3)4/h5-6H2,1-4H3,(H,17,18)(H,19,20). The second-order valence-corrected chi connectivity index (χ2v) is 4.50. The number of rotatable bonds is 6. The molecule has 0 saturated carbocycles. The summed E-state index contributed by atoms with van der Waals surface area (Å²) in [5, 5.41) is 18.1. The van der Waals surface area contributed by atoms with E-state index in [1.165, 1.54) is 28.2 Å². The van der Waals surface area contributed by atoms with Crippen molar-refractivity contribution in [3.8, 4) is 0 Å². The smallest absolute Gasteiger partial charge is 0.332 e. The summed E-state index contributed by atoms with van der Waals surface area (Å²) in [6.45, 7) is 0. The highest BCUT2D eigenvalue weighted by atomic mass is 16.4. The Morgan fingerprint density at radius 3 is 1.10 bits per heavy atom. The lowest BCUT2D eigenvalue weighted by molar-refractivity contribution is -0.138. The highest BCUT2D eigenvalue weighted by Gasteiger charge is 2.25. The van der Waals surface area contributed by atoms with Gasteiger partial charge in [0.15, 0.2) is 0 Å². The lowest BCUT2D eigenvalue weighted by Gasteiger charge is -2.14. The highest BCUT2D eigenvalue weighted by molar-refractivity contribution is 6.04. The van der Waals surface area contributed by atoms with E-state index in [0.717, 1.165) is 9.80 Å². The molecule has 20 heavy (non-hydrogen) atoms. The maximum Gasteiger partial charge on any atom is 0.332 e. The van der Waals surface area contributed by atoms with Gasteiger partial charge in [0, 0.05) is 28.2 Å². The summed E-state index contributed by atoms with van der Waals surface area (Å²) in [6.07, 6.45) is -1.16. The molecule has 0 rings (SSSR count). The molecule has 0 spiro atoms. The minimum atomic E-state index is -1.52. The zero-order valence-electron chi connectivity index (χ0n) is 11.8. The number of hydrogen-bond acceptors (Lipinski definition) is 4. The van der Waals surface area contributed by atoms with Crippen LogP contribution in [0.5, 0.6) is 0 Å². The summed E-state index contributed by atoms with van der Waals surface area (Å²) in [4.78, 5) is 47.7. The molecule has 0 aliphatic carbocycles. The van der Waals surface area contributed by atoms with Gasteiger partial charge in [0.1, 0.15) is 0 Å². The van der Waals surface area contributed by atoms with Crippen LogP contribution in [0, 0.1) is 0 Å². The molecule has 112 valence electrons. The maximum atomic E-state index is 11.5. The molecule has 0 aromatic carbocycles. The van der Waals surface area contributed by atoms with Crippen molar-refractivity contribution >= 4 is 23.8 Å². The van der Waals surface area contributed by atoms with Crippen LogP contribution in [-0.4, -0.2) is 72.0 Å². The molecule has 2 N–H and O–H groups in total. The minimum Gasteiger partial charge on any atom is -0.478 e. The molecule has 8 heteroatoms. The molecule has 0 unspecified atom stereocenters. The van der Waals surface area contributed by atoms with E-state index in [4.69, 9.17) is 10.2 Å². The van der Waals surface area contributed by atoms with Crippen molar-refractivity contribution in [3.05, 3.63) is 11.1 Å². The van der Waals surface area contributed by atoms with Crippen LogP contribution in [-0.2, 0) is 19.2 Å². The van der Waals surface area contributed by atoms with Crippen molar-refractivity contribution in [1.29, 1.82) is 0 Å². The highest BCUT2D eigenvalue weighted by Crippen LogP contribution is 2.16. The van der Waals surface area contributed by atoms with E-state index in [1.54, 1.807) is 0 Å². The van der Waals surface area contributed by atoms with Crippen LogP contribution in [0.2, 0.25) is 0 Å². The second kappa shape index (κ2) is 7.27. The molecule has 0 heterocycles. The van der Waals surface area contributed by atoms with Crippen LogP contribution in [0.4, 0.5) is 0 Å². The third kappa shape index (κ3) is 5.09. The summed E-state index contributed by atoms with van der Waals surface area (Å²) < 4.78 is 0. The van der Waals surface area contributed by atoms with Crippen LogP contribution >= 0.6 is 0 Å². The fourth-order valence-corrected chi connectivity index (χ4v) is 1.24. The molecule has 8 nitrogen and oxygen atoms in total. The number of amides is 2. The van der Waals surface area contributed by atoms with Gasteiger partial charge >= 0.3 is 11.9 Å². The van der Waals surface area contributed by atoms with Gasteiger partial charge in [-0.2, -0.15) is 0 Å². The Bertz CT molecular complexity index is 423. The first-order valence-corrected chi connectivity index (χ1v) is 5.66. The summed E-state index contributed by atoms with van der Waals surface area (Å²) in [7, 11) is 5.70. The van der Waals surface area contributed by atoms with E-state index in [-0.39, 0.29) is 0 Å². The van der Waals surface area contributed by atoms with Crippen LogP contribution in [0.25, 0.3) is 0 Å². The van der Waals surface area contributed by atoms with Crippen molar-refractivity contribution < 1.29 is 29.4 Å². The van der Waals surface area contributed by atoms with E-state index in [0.29, 0.717) is 0 Å². The monoisotopic (exact) mass is 286 g/mol.